The Balaban J connectivity index is 1.80. The van der Waals surface area contributed by atoms with E-state index in [9.17, 15) is 14.4 Å². The van der Waals surface area contributed by atoms with Gasteiger partial charge < -0.3 is 9.47 Å². The van der Waals surface area contributed by atoms with Gasteiger partial charge in [0.15, 0.2) is 0 Å². The van der Waals surface area contributed by atoms with Gasteiger partial charge in [0.2, 0.25) is 17.7 Å². The molecule has 3 rings (SSSR count). The minimum Gasteiger partial charge on any atom is -0.488 e. The second-order valence-corrected chi connectivity index (χ2v) is 6.38. The van der Waals surface area contributed by atoms with Crippen LogP contribution in [-0.2, 0) is 16.1 Å². The summed E-state index contributed by atoms with van der Waals surface area (Å²) in [5.41, 5.74) is 1.26. The molecule has 1 unspecified atom stereocenters. The SMILES string of the molecule is CCCC(=O)OC1C(=O)c2cccc(OCc3ccc(Cl)cc3)c2C1=O. The number of fused-ring (bicyclic) bond motifs is 1. The maximum atomic E-state index is 12.6. The Morgan fingerprint density at radius 1 is 1.08 bits per heavy atom. The summed E-state index contributed by atoms with van der Waals surface area (Å²) >= 11 is 5.86. The summed E-state index contributed by atoms with van der Waals surface area (Å²) in [4.78, 5) is 36.8. The van der Waals surface area contributed by atoms with E-state index < -0.39 is 23.6 Å². The summed E-state index contributed by atoms with van der Waals surface area (Å²) in [6.07, 6.45) is -0.673. The van der Waals surface area contributed by atoms with Gasteiger partial charge in [-0.05, 0) is 30.2 Å². The molecular weight excluding hydrogens is 356 g/mol. The van der Waals surface area contributed by atoms with E-state index in [0.717, 1.165) is 5.56 Å². The highest BCUT2D eigenvalue weighted by Gasteiger charge is 2.43. The third-order valence-electron chi connectivity index (χ3n) is 4.03. The molecule has 0 radical (unpaired) electrons. The number of hydrogen-bond donors (Lipinski definition) is 0. The van der Waals surface area contributed by atoms with Gasteiger partial charge in [-0.25, -0.2) is 0 Å². The molecule has 0 saturated carbocycles. The first-order valence-electron chi connectivity index (χ1n) is 8.29. The lowest BCUT2D eigenvalue weighted by atomic mass is 10.1. The van der Waals surface area contributed by atoms with Crippen molar-refractivity contribution in [1.29, 1.82) is 0 Å². The van der Waals surface area contributed by atoms with Crippen LogP contribution in [0.15, 0.2) is 42.5 Å². The second kappa shape index (κ2) is 7.70. The van der Waals surface area contributed by atoms with Crippen LogP contribution >= 0.6 is 11.6 Å². The Labute approximate surface area is 155 Å². The van der Waals surface area contributed by atoms with Crippen LogP contribution in [0.5, 0.6) is 5.75 Å². The molecule has 134 valence electrons. The molecule has 2 aromatic rings. The maximum absolute atomic E-state index is 12.6. The van der Waals surface area contributed by atoms with Crippen LogP contribution < -0.4 is 4.74 Å². The Morgan fingerprint density at radius 2 is 1.81 bits per heavy atom. The van der Waals surface area contributed by atoms with Gasteiger partial charge in [-0.2, -0.15) is 0 Å². The molecule has 1 atom stereocenters. The number of ether oxygens (including phenoxy) is 2. The zero-order valence-electron chi connectivity index (χ0n) is 14.2. The summed E-state index contributed by atoms with van der Waals surface area (Å²) in [5, 5.41) is 0.617. The average Bonchev–Trinajstić information content (AvgIpc) is 2.87. The van der Waals surface area contributed by atoms with E-state index in [0.29, 0.717) is 17.2 Å². The van der Waals surface area contributed by atoms with Gasteiger partial charge in [0.25, 0.3) is 0 Å². The summed E-state index contributed by atoms with van der Waals surface area (Å²) in [6, 6.07) is 11.9. The highest BCUT2D eigenvalue weighted by atomic mass is 35.5. The molecule has 5 nitrogen and oxygen atoms in total. The molecule has 0 aromatic heterocycles. The summed E-state index contributed by atoms with van der Waals surface area (Å²) in [7, 11) is 0. The van der Waals surface area contributed by atoms with E-state index in [2.05, 4.69) is 0 Å². The van der Waals surface area contributed by atoms with Crippen molar-refractivity contribution in [3.8, 4) is 5.75 Å². The summed E-state index contributed by atoms with van der Waals surface area (Å²) < 4.78 is 10.8. The van der Waals surface area contributed by atoms with E-state index >= 15 is 0 Å². The van der Waals surface area contributed by atoms with Crippen LogP contribution in [0.2, 0.25) is 5.02 Å². The molecule has 1 aliphatic rings. The van der Waals surface area contributed by atoms with Crippen molar-refractivity contribution in [2.75, 3.05) is 0 Å². The van der Waals surface area contributed by atoms with Crippen molar-refractivity contribution in [3.05, 3.63) is 64.2 Å². The van der Waals surface area contributed by atoms with E-state index in [-0.39, 0.29) is 24.2 Å². The fourth-order valence-electron chi connectivity index (χ4n) is 2.75. The van der Waals surface area contributed by atoms with E-state index in [1.165, 1.54) is 0 Å². The van der Waals surface area contributed by atoms with Gasteiger partial charge in [0, 0.05) is 17.0 Å². The molecular formula is C20H17ClO5. The predicted octanol–water partition coefficient (Wildman–Crippen LogP) is 4.01. The lowest BCUT2D eigenvalue weighted by Gasteiger charge is -2.10. The van der Waals surface area contributed by atoms with Gasteiger partial charge in [0.1, 0.15) is 12.4 Å². The second-order valence-electron chi connectivity index (χ2n) is 5.94. The molecule has 0 spiro atoms. The fourth-order valence-corrected chi connectivity index (χ4v) is 2.87. The van der Waals surface area contributed by atoms with Gasteiger partial charge in [0.05, 0.1) is 5.56 Å². The molecule has 2 aromatic carbocycles. The highest BCUT2D eigenvalue weighted by Crippen LogP contribution is 2.32. The number of esters is 1. The Kier molecular flexibility index (Phi) is 5.38. The Bertz CT molecular complexity index is 857. The zero-order valence-corrected chi connectivity index (χ0v) is 14.9. The Hall–Kier alpha value is -2.66. The van der Waals surface area contributed by atoms with E-state index in [1.807, 2.05) is 19.1 Å². The number of ketones is 2. The number of Topliss-reactive ketones (excluding diaryl/α,β-unsaturated/α-hetero) is 2. The standard InChI is InChI=1S/C20H17ClO5/c1-2-4-16(22)26-20-18(23)14-5-3-6-15(17(14)19(20)24)25-11-12-7-9-13(21)10-8-12/h3,5-10,20H,2,4,11H2,1H3. The number of halogens is 1. The molecule has 26 heavy (non-hydrogen) atoms. The van der Waals surface area contributed by atoms with Gasteiger partial charge in [-0.1, -0.05) is 42.8 Å². The average molecular weight is 373 g/mol. The molecule has 6 heteroatoms. The van der Waals surface area contributed by atoms with Gasteiger partial charge in [-0.3, -0.25) is 14.4 Å². The van der Waals surface area contributed by atoms with Crippen LogP contribution in [0, 0.1) is 0 Å². The molecule has 0 bridgehead atoms. The van der Waals surface area contributed by atoms with Crippen molar-refractivity contribution >= 4 is 29.1 Å². The molecule has 0 N–H and O–H groups in total. The monoisotopic (exact) mass is 372 g/mol. The smallest absolute Gasteiger partial charge is 0.306 e. The lowest BCUT2D eigenvalue weighted by molar-refractivity contribution is -0.145. The largest absolute Gasteiger partial charge is 0.488 e. The maximum Gasteiger partial charge on any atom is 0.306 e. The Morgan fingerprint density at radius 3 is 2.50 bits per heavy atom. The minimum absolute atomic E-state index is 0.160. The van der Waals surface area contributed by atoms with Gasteiger partial charge in [-0.15, -0.1) is 0 Å². The quantitative estimate of drug-likeness (QED) is 0.566. The van der Waals surface area contributed by atoms with Crippen molar-refractivity contribution in [2.45, 2.75) is 32.5 Å². The highest BCUT2D eigenvalue weighted by molar-refractivity contribution is 6.30. The number of carbonyl (C=O) groups is 3. The van der Waals surface area contributed by atoms with Crippen LogP contribution in [0.4, 0.5) is 0 Å². The van der Waals surface area contributed by atoms with Crippen LogP contribution in [0.1, 0.15) is 46.0 Å². The number of rotatable bonds is 6. The fraction of sp³-hybridized carbons (Fsp3) is 0.250. The normalized spacial score (nSPS) is 15.7. The third-order valence-corrected chi connectivity index (χ3v) is 4.28. The van der Waals surface area contributed by atoms with Crippen LogP contribution in [0.25, 0.3) is 0 Å². The molecule has 0 amide bonds. The van der Waals surface area contributed by atoms with Crippen molar-refractivity contribution in [2.24, 2.45) is 0 Å². The van der Waals surface area contributed by atoms with Crippen molar-refractivity contribution < 1.29 is 23.9 Å². The van der Waals surface area contributed by atoms with Crippen LogP contribution in [-0.4, -0.2) is 23.6 Å². The molecule has 0 heterocycles. The minimum atomic E-state index is -1.41. The van der Waals surface area contributed by atoms with Crippen LogP contribution in [0.3, 0.4) is 0 Å². The molecule has 1 aliphatic carbocycles. The third kappa shape index (κ3) is 3.63. The number of hydrogen-bond acceptors (Lipinski definition) is 5. The summed E-state index contributed by atoms with van der Waals surface area (Å²) in [6.45, 7) is 2.03. The van der Waals surface area contributed by atoms with Crippen molar-refractivity contribution in [1.82, 2.24) is 0 Å². The first-order chi connectivity index (χ1) is 12.5. The van der Waals surface area contributed by atoms with Gasteiger partial charge >= 0.3 is 5.97 Å². The van der Waals surface area contributed by atoms with E-state index in [1.54, 1.807) is 30.3 Å². The topological polar surface area (TPSA) is 69.7 Å². The van der Waals surface area contributed by atoms with E-state index in [4.69, 9.17) is 21.1 Å². The molecule has 0 saturated heterocycles. The number of carbonyl (C=O) groups excluding carboxylic acids is 3. The van der Waals surface area contributed by atoms with Crippen molar-refractivity contribution in [3.63, 3.8) is 0 Å². The lowest BCUT2D eigenvalue weighted by Crippen LogP contribution is -2.28. The summed E-state index contributed by atoms with van der Waals surface area (Å²) in [5.74, 6) is -1.31. The number of benzene rings is 2. The first kappa shape index (κ1) is 18.1. The predicted molar refractivity (Wildman–Crippen MR) is 95.7 cm³/mol. The molecule has 0 fully saturated rings. The first-order valence-corrected chi connectivity index (χ1v) is 8.67. The zero-order chi connectivity index (χ0) is 18.7. The molecule has 0 aliphatic heterocycles.